The highest BCUT2D eigenvalue weighted by Crippen LogP contribution is 2.27. The normalized spacial score (nSPS) is 11.2. The summed E-state index contributed by atoms with van der Waals surface area (Å²) in [6.45, 7) is 3.86. The van der Waals surface area contributed by atoms with Gasteiger partial charge in [-0.15, -0.1) is 0 Å². The van der Waals surface area contributed by atoms with Crippen molar-refractivity contribution in [2.45, 2.75) is 19.4 Å². The third kappa shape index (κ3) is 6.18. The number of nitrogens with one attached hydrogen (secondary N) is 1. The molecule has 0 bridgehead atoms. The van der Waals surface area contributed by atoms with Gasteiger partial charge in [-0.25, -0.2) is 0 Å². The lowest BCUT2D eigenvalue weighted by Crippen LogP contribution is -2.35. The van der Waals surface area contributed by atoms with E-state index in [1.54, 1.807) is 25.3 Å². The summed E-state index contributed by atoms with van der Waals surface area (Å²) in [5.41, 5.74) is 6.15. The summed E-state index contributed by atoms with van der Waals surface area (Å²) in [4.78, 5) is 11.8. The maximum Gasteiger partial charge on any atom is 0.234 e. The van der Waals surface area contributed by atoms with Gasteiger partial charge >= 0.3 is 0 Å². The summed E-state index contributed by atoms with van der Waals surface area (Å²) in [6, 6.07) is 5.09. The predicted molar refractivity (Wildman–Crippen MR) is 82.2 cm³/mol. The van der Waals surface area contributed by atoms with Crippen molar-refractivity contribution in [3.05, 3.63) is 23.2 Å². The Morgan fingerprint density at radius 2 is 2.21 bits per heavy atom. The van der Waals surface area contributed by atoms with Crippen molar-refractivity contribution in [2.75, 3.05) is 23.9 Å². The molecule has 1 aromatic rings. The number of anilines is 1. The Kier molecular flexibility index (Phi) is 5.97. The fraction of sp³-hybridized carbons (Fsp3) is 0.462. The molecule has 0 heterocycles. The molecule has 3 N–H and O–H groups in total. The van der Waals surface area contributed by atoms with E-state index in [0.29, 0.717) is 28.0 Å². The van der Waals surface area contributed by atoms with Crippen molar-refractivity contribution in [2.24, 2.45) is 5.73 Å². The Hall–Kier alpha value is -0.910. The first-order chi connectivity index (χ1) is 8.81. The molecule has 1 rings (SSSR count). The van der Waals surface area contributed by atoms with Gasteiger partial charge in [-0.05, 0) is 32.0 Å². The van der Waals surface area contributed by atoms with Crippen molar-refractivity contribution in [1.82, 2.24) is 0 Å². The van der Waals surface area contributed by atoms with Crippen molar-refractivity contribution in [1.29, 1.82) is 0 Å². The van der Waals surface area contributed by atoms with Crippen LogP contribution in [0.15, 0.2) is 18.2 Å². The number of ether oxygens (including phenoxy) is 1. The molecule has 6 heteroatoms. The van der Waals surface area contributed by atoms with Crippen LogP contribution in [0.1, 0.15) is 13.8 Å². The number of methoxy groups -OCH3 is 1. The van der Waals surface area contributed by atoms with Crippen LogP contribution in [0.3, 0.4) is 0 Å². The number of thioether (sulfide) groups is 1. The smallest absolute Gasteiger partial charge is 0.234 e. The van der Waals surface area contributed by atoms with Crippen LogP contribution >= 0.6 is 23.4 Å². The van der Waals surface area contributed by atoms with E-state index in [1.165, 1.54) is 11.8 Å². The maximum atomic E-state index is 11.8. The molecule has 0 aliphatic heterocycles. The number of carbonyl (C=O) groups is 1. The quantitative estimate of drug-likeness (QED) is 0.848. The summed E-state index contributed by atoms with van der Waals surface area (Å²) in [6.07, 6.45) is 0. The minimum absolute atomic E-state index is 0.102. The fourth-order valence-electron chi connectivity index (χ4n) is 1.37. The third-order valence-corrected chi connectivity index (χ3v) is 3.79. The van der Waals surface area contributed by atoms with E-state index in [-0.39, 0.29) is 11.4 Å². The van der Waals surface area contributed by atoms with Gasteiger partial charge in [0.15, 0.2) is 0 Å². The Morgan fingerprint density at radius 1 is 1.53 bits per heavy atom. The summed E-state index contributed by atoms with van der Waals surface area (Å²) < 4.78 is 5.16. The monoisotopic (exact) mass is 302 g/mol. The average Bonchev–Trinajstić information content (AvgIpc) is 2.27. The Morgan fingerprint density at radius 3 is 2.79 bits per heavy atom. The fourth-order valence-corrected chi connectivity index (χ4v) is 2.43. The molecule has 0 spiro atoms. The van der Waals surface area contributed by atoms with Gasteiger partial charge < -0.3 is 15.8 Å². The molecule has 0 saturated heterocycles. The van der Waals surface area contributed by atoms with Crippen LogP contribution in [-0.4, -0.2) is 30.1 Å². The molecule has 0 atom stereocenters. The molecule has 106 valence electrons. The number of nitrogens with two attached hydrogens (primary N) is 1. The minimum Gasteiger partial charge on any atom is -0.495 e. The first-order valence-corrected chi connectivity index (χ1v) is 7.35. The lowest BCUT2D eigenvalue weighted by atomic mass is 10.1. The van der Waals surface area contributed by atoms with Crippen molar-refractivity contribution in [3.63, 3.8) is 0 Å². The molecule has 0 saturated carbocycles. The highest BCUT2D eigenvalue weighted by molar-refractivity contribution is 8.00. The van der Waals surface area contributed by atoms with Gasteiger partial charge in [0.05, 0.1) is 18.6 Å². The Bertz CT molecular complexity index is 447. The maximum absolute atomic E-state index is 11.8. The predicted octanol–water partition coefficient (Wildman–Crippen LogP) is 2.76. The number of benzene rings is 1. The molecular formula is C13H19ClN2O2S. The zero-order valence-electron chi connectivity index (χ0n) is 11.3. The number of halogens is 1. The van der Waals surface area contributed by atoms with Crippen LogP contribution in [-0.2, 0) is 4.79 Å². The second kappa shape index (κ2) is 7.03. The van der Waals surface area contributed by atoms with Gasteiger partial charge in [0, 0.05) is 16.3 Å². The highest BCUT2D eigenvalue weighted by atomic mass is 35.5. The van der Waals surface area contributed by atoms with Crippen molar-refractivity contribution >= 4 is 35.0 Å². The summed E-state index contributed by atoms with van der Waals surface area (Å²) in [7, 11) is 1.55. The number of amides is 1. The lowest BCUT2D eigenvalue weighted by molar-refractivity contribution is -0.113. The molecule has 0 aliphatic carbocycles. The van der Waals surface area contributed by atoms with E-state index in [0.717, 1.165) is 0 Å². The van der Waals surface area contributed by atoms with Gasteiger partial charge in [0.25, 0.3) is 0 Å². The van der Waals surface area contributed by atoms with E-state index in [4.69, 9.17) is 22.1 Å². The zero-order chi connectivity index (χ0) is 14.5. The average molecular weight is 303 g/mol. The number of carbonyl (C=O) groups excluding carboxylic acids is 1. The number of rotatable bonds is 6. The van der Waals surface area contributed by atoms with E-state index in [1.807, 2.05) is 13.8 Å². The lowest BCUT2D eigenvalue weighted by Gasteiger charge is -2.17. The molecule has 0 aliphatic rings. The second-order valence-corrected chi connectivity index (χ2v) is 6.30. The largest absolute Gasteiger partial charge is 0.495 e. The van der Waals surface area contributed by atoms with E-state index in [9.17, 15) is 4.79 Å². The van der Waals surface area contributed by atoms with Gasteiger partial charge in [0.2, 0.25) is 5.91 Å². The van der Waals surface area contributed by atoms with Gasteiger partial charge in [-0.1, -0.05) is 11.6 Å². The summed E-state index contributed by atoms with van der Waals surface area (Å²) >= 11 is 7.39. The van der Waals surface area contributed by atoms with Crippen LogP contribution in [0.25, 0.3) is 0 Å². The molecule has 19 heavy (non-hydrogen) atoms. The van der Waals surface area contributed by atoms with Gasteiger partial charge in [0.1, 0.15) is 5.75 Å². The third-order valence-electron chi connectivity index (χ3n) is 2.14. The zero-order valence-corrected chi connectivity index (χ0v) is 12.9. The second-order valence-electron chi connectivity index (χ2n) is 4.87. The first kappa shape index (κ1) is 16.1. The van der Waals surface area contributed by atoms with Crippen molar-refractivity contribution < 1.29 is 9.53 Å². The molecular weight excluding hydrogens is 284 g/mol. The summed E-state index contributed by atoms with van der Waals surface area (Å²) in [5, 5.41) is 3.33. The Balaban J connectivity index is 2.55. The summed E-state index contributed by atoms with van der Waals surface area (Å²) in [5.74, 6) is 1.54. The van der Waals surface area contributed by atoms with Crippen LogP contribution in [0.5, 0.6) is 5.75 Å². The molecule has 4 nitrogen and oxygen atoms in total. The number of hydrogen-bond acceptors (Lipinski definition) is 4. The molecule has 1 amide bonds. The van der Waals surface area contributed by atoms with Crippen LogP contribution < -0.4 is 15.8 Å². The molecule has 0 aromatic heterocycles. The van der Waals surface area contributed by atoms with E-state index >= 15 is 0 Å². The van der Waals surface area contributed by atoms with E-state index < -0.39 is 0 Å². The SMILES string of the molecule is COc1ccc(Cl)cc1NC(=O)CSCC(C)(C)N. The van der Waals surface area contributed by atoms with Crippen LogP contribution in [0.2, 0.25) is 5.02 Å². The van der Waals surface area contributed by atoms with E-state index in [2.05, 4.69) is 5.32 Å². The molecule has 0 unspecified atom stereocenters. The van der Waals surface area contributed by atoms with Crippen molar-refractivity contribution in [3.8, 4) is 5.75 Å². The first-order valence-electron chi connectivity index (χ1n) is 5.82. The standard InChI is InChI=1S/C13H19ClN2O2S/c1-13(2,15)8-19-7-12(17)16-10-6-9(14)4-5-11(10)18-3/h4-6H,7-8,15H2,1-3H3,(H,16,17). The number of hydrogen-bond donors (Lipinski definition) is 2. The molecule has 1 aromatic carbocycles. The highest BCUT2D eigenvalue weighted by Gasteiger charge is 2.13. The minimum atomic E-state index is -0.279. The van der Waals surface area contributed by atoms with Gasteiger partial charge in [-0.3, -0.25) is 4.79 Å². The van der Waals surface area contributed by atoms with Crippen LogP contribution in [0.4, 0.5) is 5.69 Å². The molecule has 0 fully saturated rings. The van der Waals surface area contributed by atoms with Crippen LogP contribution in [0, 0.1) is 0 Å². The topological polar surface area (TPSA) is 64.3 Å². The van der Waals surface area contributed by atoms with Gasteiger partial charge in [-0.2, -0.15) is 11.8 Å². The Labute approximate surface area is 123 Å². The molecule has 0 radical (unpaired) electrons.